The fourth-order valence-corrected chi connectivity index (χ4v) is 21.4. The maximum absolute atomic E-state index is 7.74. The first kappa shape index (κ1) is 23.8. The maximum atomic E-state index is 7.74. The van der Waals surface area contributed by atoms with Crippen LogP contribution < -0.4 is 0 Å². The van der Waals surface area contributed by atoms with Crippen LogP contribution in [0.15, 0.2) is 4.56 Å². The minimum absolute atomic E-state index is 0.777. The second-order valence-corrected chi connectivity index (χ2v) is 27.4. The molecule has 0 radical (unpaired) electrons. The summed E-state index contributed by atoms with van der Waals surface area (Å²) in [5.41, 5.74) is 0.777. The third-order valence-electron chi connectivity index (χ3n) is 6.74. The van der Waals surface area contributed by atoms with Crippen LogP contribution in [0.1, 0.15) is 25.7 Å². The van der Waals surface area contributed by atoms with Gasteiger partial charge in [-0.1, -0.05) is 0 Å². The zero-order chi connectivity index (χ0) is 20.7. The number of hydrogen-bond acceptors (Lipinski definition) is 4. The zero-order valence-corrected chi connectivity index (χ0v) is 22.9. The van der Waals surface area contributed by atoms with E-state index in [-0.39, 0.29) is 0 Å². The van der Waals surface area contributed by atoms with Crippen molar-refractivity contribution >= 4 is 47.6 Å². The summed E-state index contributed by atoms with van der Waals surface area (Å²) in [7, 11) is -3.57. The van der Waals surface area contributed by atoms with E-state index >= 15 is 0 Å². The van der Waals surface area contributed by atoms with Crippen LogP contribution in [-0.4, -0.2) is 47.6 Å². The van der Waals surface area contributed by atoms with Gasteiger partial charge in [0.25, 0.3) is 0 Å². The molecule has 4 atom stereocenters. The van der Waals surface area contributed by atoms with E-state index in [1.807, 2.05) is 0 Å². The molecule has 4 unspecified atom stereocenters. The Morgan fingerprint density at radius 3 is 2.15 bits per heavy atom. The van der Waals surface area contributed by atoms with Crippen LogP contribution in [-0.2, 0) is 8.23 Å². The monoisotopic (exact) mass is 438 g/mol. The van der Waals surface area contributed by atoms with Gasteiger partial charge in [0, 0.05) is 0 Å². The standard InChI is InChI=1S/C17H40B2N2O2Si4/c1-24(2,22-27(7,8)21-18)10-9-15-11-14-12-16(15)17(13-14)25(3,4)23-26(5,6)19-20/h14-18,20H,9-13H2,1-8H3. The molecule has 2 saturated carbocycles. The zero-order valence-electron chi connectivity index (χ0n) is 18.9. The van der Waals surface area contributed by atoms with Gasteiger partial charge in [0.1, 0.15) is 0 Å². The van der Waals surface area contributed by atoms with Crippen molar-refractivity contribution in [3.05, 3.63) is 0 Å². The molecule has 0 heterocycles. The molecule has 152 valence electrons. The molecule has 0 saturated heterocycles. The Balaban J connectivity index is 1.99. The van der Waals surface area contributed by atoms with Gasteiger partial charge in [-0.3, -0.25) is 0 Å². The van der Waals surface area contributed by atoms with E-state index in [0.29, 0.717) is 0 Å². The Hall–Kier alpha value is 0.517. The van der Waals surface area contributed by atoms with E-state index in [4.69, 9.17) is 13.5 Å². The molecule has 10 heteroatoms. The Morgan fingerprint density at radius 2 is 1.63 bits per heavy atom. The third-order valence-corrected chi connectivity index (χ3v) is 20.6. The summed E-state index contributed by atoms with van der Waals surface area (Å²) in [6.45, 7) is 19.8. The van der Waals surface area contributed by atoms with Crippen molar-refractivity contribution in [1.29, 1.82) is 5.31 Å². The molecular weight excluding hydrogens is 398 g/mol. The van der Waals surface area contributed by atoms with Crippen LogP contribution in [0, 0.1) is 23.1 Å². The summed E-state index contributed by atoms with van der Waals surface area (Å²) >= 11 is 0. The van der Waals surface area contributed by atoms with Crippen molar-refractivity contribution in [2.75, 3.05) is 0 Å². The van der Waals surface area contributed by atoms with E-state index in [0.717, 1.165) is 23.3 Å². The van der Waals surface area contributed by atoms with Gasteiger partial charge in [0.15, 0.2) is 0 Å². The molecule has 0 aromatic heterocycles. The van der Waals surface area contributed by atoms with Crippen LogP contribution >= 0.6 is 0 Å². The Labute approximate surface area is 173 Å². The molecular formula is C17H40B2N2O2Si4. The summed E-state index contributed by atoms with van der Waals surface area (Å²) in [4.78, 5) is 0. The molecule has 2 fully saturated rings. The molecule has 27 heavy (non-hydrogen) atoms. The number of fused-ring (bicyclic) bond motifs is 2. The van der Waals surface area contributed by atoms with Crippen molar-refractivity contribution in [3.63, 3.8) is 0 Å². The number of hydrogen-bond donors (Lipinski definition) is 1. The minimum atomic E-state index is -1.93. The molecule has 0 aliphatic heterocycles. The van der Waals surface area contributed by atoms with Gasteiger partial charge in [-0.15, -0.1) is 0 Å². The topological polar surface area (TPSA) is 54.7 Å². The molecule has 2 aliphatic carbocycles. The van der Waals surface area contributed by atoms with Crippen molar-refractivity contribution in [2.45, 2.75) is 89.6 Å². The van der Waals surface area contributed by atoms with Gasteiger partial charge in [0.05, 0.1) is 0 Å². The summed E-state index contributed by atoms with van der Waals surface area (Å²) in [6.07, 6.45) is 5.52. The van der Waals surface area contributed by atoms with Crippen molar-refractivity contribution in [3.8, 4) is 0 Å². The molecule has 2 rings (SSSR count). The Morgan fingerprint density at radius 1 is 1.00 bits per heavy atom. The van der Waals surface area contributed by atoms with Gasteiger partial charge in [-0.05, 0) is 0 Å². The average Bonchev–Trinajstić information content (AvgIpc) is 3.12. The van der Waals surface area contributed by atoms with Gasteiger partial charge in [-0.25, -0.2) is 0 Å². The predicted molar refractivity (Wildman–Crippen MR) is 128 cm³/mol. The van der Waals surface area contributed by atoms with Gasteiger partial charge >= 0.3 is 173 Å². The first-order valence-corrected chi connectivity index (χ1v) is 22.5. The predicted octanol–water partition coefficient (Wildman–Crippen LogP) is 5.19. The Bertz CT molecular complexity index is 575. The van der Waals surface area contributed by atoms with Crippen LogP contribution in [0.4, 0.5) is 0 Å². The summed E-state index contributed by atoms with van der Waals surface area (Å²) in [5.74, 6) is 2.61. The molecule has 1 N–H and O–H groups in total. The number of nitrogens with one attached hydrogen (secondary N) is 1. The quantitative estimate of drug-likeness (QED) is 0.477. The molecule has 0 aromatic rings. The summed E-state index contributed by atoms with van der Waals surface area (Å²) in [6, 6.07) is 1.24. The molecule has 0 amide bonds. The summed E-state index contributed by atoms with van der Waals surface area (Å²) in [5, 5.41) is 7.74. The van der Waals surface area contributed by atoms with E-state index in [1.165, 1.54) is 31.7 Å². The van der Waals surface area contributed by atoms with E-state index in [1.54, 1.807) is 6.66 Å². The first-order chi connectivity index (χ1) is 12.2. The van der Waals surface area contributed by atoms with E-state index in [9.17, 15) is 0 Å². The Kier molecular flexibility index (Phi) is 7.34. The van der Waals surface area contributed by atoms with Gasteiger partial charge < -0.3 is 0 Å². The fourth-order valence-electron chi connectivity index (χ4n) is 5.70. The molecule has 4 nitrogen and oxygen atoms in total. The van der Waals surface area contributed by atoms with Crippen molar-refractivity contribution in [2.24, 2.45) is 22.3 Å². The van der Waals surface area contributed by atoms with Crippen LogP contribution in [0.3, 0.4) is 0 Å². The molecule has 0 spiro atoms. The first-order valence-electron chi connectivity index (χ1n) is 10.6. The van der Waals surface area contributed by atoms with Crippen LogP contribution in [0.25, 0.3) is 0 Å². The molecule has 2 aliphatic rings. The van der Waals surface area contributed by atoms with Crippen LogP contribution in [0.2, 0.25) is 64.0 Å². The number of rotatable bonds is 10. The SMILES string of the molecule is B=N[Si](C)(C)O[Si](C)(C)CCC1CC2CC1C([Si](C)(C)O[Si](C)(C)B=N)C2. The van der Waals surface area contributed by atoms with Crippen LogP contribution in [0.5, 0.6) is 0 Å². The summed E-state index contributed by atoms with van der Waals surface area (Å²) < 4.78 is 17.5. The van der Waals surface area contributed by atoms with Crippen molar-refractivity contribution < 1.29 is 8.23 Å². The fraction of sp³-hybridized carbons (Fsp3) is 1.00. The van der Waals surface area contributed by atoms with E-state index in [2.05, 4.69) is 64.6 Å². The second kappa shape index (κ2) is 8.33. The van der Waals surface area contributed by atoms with Gasteiger partial charge in [-0.2, -0.15) is 0 Å². The average molecular weight is 438 g/mol. The van der Waals surface area contributed by atoms with Crippen molar-refractivity contribution in [1.82, 2.24) is 0 Å². The third kappa shape index (κ3) is 6.25. The van der Waals surface area contributed by atoms with E-state index < -0.39 is 33.3 Å². The normalized spacial score (nSPS) is 29.0. The number of nitrogens with zero attached hydrogens (tertiary/aromatic N) is 1. The second-order valence-electron chi connectivity index (χ2n) is 11.1. The molecule has 0 aromatic carbocycles. The molecule has 2 bridgehead atoms. The van der Waals surface area contributed by atoms with Gasteiger partial charge in [0.2, 0.25) is 0 Å².